The molecule has 0 saturated carbocycles. The molecule has 1 saturated heterocycles. The maximum absolute atomic E-state index is 12.4. The van der Waals surface area contributed by atoms with E-state index in [1.54, 1.807) is 12.3 Å². The molecule has 0 unspecified atom stereocenters. The third-order valence-electron chi connectivity index (χ3n) is 4.94. The van der Waals surface area contributed by atoms with Gasteiger partial charge >= 0.3 is 0 Å². The Morgan fingerprint density at radius 3 is 2.55 bits per heavy atom. The van der Waals surface area contributed by atoms with E-state index >= 15 is 0 Å². The zero-order valence-electron chi connectivity index (χ0n) is 16.8. The zero-order valence-corrected chi connectivity index (χ0v) is 17.6. The summed E-state index contributed by atoms with van der Waals surface area (Å²) in [5.74, 6) is -0.214. The van der Waals surface area contributed by atoms with Crippen LogP contribution in [0.2, 0.25) is 0 Å². The number of rotatable bonds is 7. The van der Waals surface area contributed by atoms with Crippen molar-refractivity contribution in [2.75, 3.05) is 44.4 Å². The number of sulfonamides is 1. The molecule has 1 aliphatic heterocycles. The van der Waals surface area contributed by atoms with Crippen LogP contribution in [0.3, 0.4) is 0 Å². The van der Waals surface area contributed by atoms with E-state index in [-0.39, 0.29) is 5.91 Å². The van der Waals surface area contributed by atoms with E-state index in [1.165, 1.54) is 10.6 Å². The number of carbonyl (C=O) groups is 1. The van der Waals surface area contributed by atoms with Crippen LogP contribution in [0.4, 0.5) is 5.69 Å². The predicted octanol–water partition coefficient (Wildman–Crippen LogP) is 1.27. The molecule has 3 rings (SSSR count). The number of carbonyl (C=O) groups excluding carboxylic acids is 1. The van der Waals surface area contributed by atoms with Crippen molar-refractivity contribution in [3.63, 3.8) is 0 Å². The molecule has 1 aromatic carbocycles. The van der Waals surface area contributed by atoms with Gasteiger partial charge in [0.15, 0.2) is 0 Å². The van der Waals surface area contributed by atoms with Crippen molar-refractivity contribution < 1.29 is 13.2 Å². The van der Waals surface area contributed by atoms with E-state index in [0.29, 0.717) is 24.3 Å². The summed E-state index contributed by atoms with van der Waals surface area (Å²) < 4.78 is 24.7. The highest BCUT2D eigenvalue weighted by Gasteiger charge is 2.22. The molecule has 9 heteroatoms. The second-order valence-electron chi connectivity index (χ2n) is 7.22. The maximum Gasteiger partial charge on any atom is 0.269 e. The first-order chi connectivity index (χ1) is 13.8. The minimum atomic E-state index is -3.11. The average molecular weight is 418 g/mol. The zero-order chi connectivity index (χ0) is 20.9. The van der Waals surface area contributed by atoms with E-state index in [0.717, 1.165) is 37.3 Å². The first-order valence-corrected chi connectivity index (χ1v) is 11.4. The Labute approximate surface area is 171 Å². The molecule has 1 aliphatic rings. The van der Waals surface area contributed by atoms with Crippen LogP contribution in [0.15, 0.2) is 42.6 Å². The lowest BCUT2D eigenvalue weighted by Crippen LogP contribution is -2.48. The lowest BCUT2D eigenvalue weighted by atomic mass is 10.1. The normalized spacial score (nSPS) is 15.8. The number of amides is 1. The van der Waals surface area contributed by atoms with Gasteiger partial charge in [0.2, 0.25) is 10.0 Å². The van der Waals surface area contributed by atoms with Gasteiger partial charge in [-0.15, -0.1) is 0 Å². The highest BCUT2D eigenvalue weighted by atomic mass is 32.2. The lowest BCUT2D eigenvalue weighted by Gasteiger charge is -2.33. The number of anilines is 1. The summed E-state index contributed by atoms with van der Waals surface area (Å²) in [4.78, 5) is 18.8. The molecule has 0 bridgehead atoms. The molecule has 1 aromatic heterocycles. The molecule has 29 heavy (non-hydrogen) atoms. The smallest absolute Gasteiger partial charge is 0.269 e. The van der Waals surface area contributed by atoms with Crippen molar-refractivity contribution in [3.05, 3.63) is 59.4 Å². The van der Waals surface area contributed by atoms with Crippen molar-refractivity contribution in [1.29, 1.82) is 0 Å². The number of nitrogens with zero attached hydrogens (tertiary/aromatic N) is 3. The van der Waals surface area contributed by atoms with Gasteiger partial charge in [-0.05, 0) is 43.2 Å². The monoisotopic (exact) mass is 417 g/mol. The number of hydrogen-bond donors (Lipinski definition) is 2. The van der Waals surface area contributed by atoms with E-state index < -0.39 is 10.0 Å². The quantitative estimate of drug-likeness (QED) is 0.659. The number of aromatic nitrogens is 1. The molecule has 1 fully saturated rings. The first kappa shape index (κ1) is 21.2. The molecule has 0 radical (unpaired) electrons. The fourth-order valence-electron chi connectivity index (χ4n) is 3.18. The third kappa shape index (κ3) is 6.25. The van der Waals surface area contributed by atoms with Gasteiger partial charge in [-0.2, -0.15) is 4.31 Å². The highest BCUT2D eigenvalue weighted by Crippen LogP contribution is 2.10. The van der Waals surface area contributed by atoms with E-state index in [4.69, 9.17) is 0 Å². The molecular formula is C20H27N5O3S. The van der Waals surface area contributed by atoms with Crippen LogP contribution < -0.4 is 10.9 Å². The van der Waals surface area contributed by atoms with Gasteiger partial charge in [0.05, 0.1) is 18.1 Å². The van der Waals surface area contributed by atoms with Crippen molar-refractivity contribution in [3.8, 4) is 0 Å². The topological polar surface area (TPSA) is 94.6 Å². The highest BCUT2D eigenvalue weighted by molar-refractivity contribution is 7.88. The van der Waals surface area contributed by atoms with E-state index in [2.05, 4.69) is 20.7 Å². The SMILES string of the molecule is Cc1ccc(NNC(=O)c2cccc(CCN3CCN(S(C)(=O)=O)CC3)c2)cn1. The average Bonchev–Trinajstić information content (AvgIpc) is 2.71. The summed E-state index contributed by atoms with van der Waals surface area (Å²) in [6, 6.07) is 11.3. The molecular weight excluding hydrogens is 390 g/mol. The van der Waals surface area contributed by atoms with Crippen LogP contribution in [0.1, 0.15) is 21.6 Å². The number of nitrogens with one attached hydrogen (secondary N) is 2. The molecule has 0 aliphatic carbocycles. The maximum atomic E-state index is 12.4. The fraction of sp³-hybridized carbons (Fsp3) is 0.400. The predicted molar refractivity (Wildman–Crippen MR) is 113 cm³/mol. The number of hydrogen-bond acceptors (Lipinski definition) is 6. The Kier molecular flexibility index (Phi) is 6.83. The van der Waals surface area contributed by atoms with Crippen LogP contribution in [-0.4, -0.2) is 67.5 Å². The molecule has 156 valence electrons. The van der Waals surface area contributed by atoms with Gasteiger partial charge in [0.25, 0.3) is 5.91 Å². The summed E-state index contributed by atoms with van der Waals surface area (Å²) >= 11 is 0. The Hall–Kier alpha value is -2.49. The second-order valence-corrected chi connectivity index (χ2v) is 9.20. The van der Waals surface area contributed by atoms with E-state index in [9.17, 15) is 13.2 Å². The molecule has 2 N–H and O–H groups in total. The van der Waals surface area contributed by atoms with Crippen LogP contribution in [0.25, 0.3) is 0 Å². The molecule has 0 spiro atoms. The number of aryl methyl sites for hydroxylation is 1. The van der Waals surface area contributed by atoms with Crippen molar-refractivity contribution in [2.45, 2.75) is 13.3 Å². The van der Waals surface area contributed by atoms with Crippen molar-refractivity contribution in [2.24, 2.45) is 0 Å². The second kappa shape index (κ2) is 9.34. The molecule has 2 heterocycles. The molecule has 2 aromatic rings. The number of piperazine rings is 1. The standard InChI is InChI=1S/C20H27N5O3S/c1-16-6-7-19(15-21-16)22-23-20(26)18-5-3-4-17(14-18)8-9-24-10-12-25(13-11-24)29(2,27)28/h3-7,14-15,22H,8-13H2,1-2H3,(H,23,26). The summed E-state index contributed by atoms with van der Waals surface area (Å²) in [6.07, 6.45) is 3.72. The van der Waals surface area contributed by atoms with Gasteiger partial charge < -0.3 is 4.90 Å². The number of benzene rings is 1. The van der Waals surface area contributed by atoms with Crippen molar-refractivity contribution >= 4 is 21.6 Å². The number of hydrazine groups is 1. The van der Waals surface area contributed by atoms with Gasteiger partial charge in [0, 0.05) is 44.0 Å². The minimum absolute atomic E-state index is 0.214. The van der Waals surface area contributed by atoms with E-state index in [1.807, 2.05) is 37.3 Å². The Bertz CT molecular complexity index is 939. The fourth-order valence-corrected chi connectivity index (χ4v) is 4.01. The minimum Gasteiger partial charge on any atom is -0.300 e. The Morgan fingerprint density at radius 1 is 1.14 bits per heavy atom. The third-order valence-corrected chi connectivity index (χ3v) is 6.24. The van der Waals surface area contributed by atoms with Gasteiger partial charge in [-0.25, -0.2) is 8.42 Å². The summed E-state index contributed by atoms with van der Waals surface area (Å²) in [7, 11) is -3.11. The summed E-state index contributed by atoms with van der Waals surface area (Å²) in [6.45, 7) is 5.24. The molecule has 1 amide bonds. The summed E-state index contributed by atoms with van der Waals surface area (Å²) in [5, 5.41) is 0. The van der Waals surface area contributed by atoms with Crippen LogP contribution in [0.5, 0.6) is 0 Å². The van der Waals surface area contributed by atoms with Gasteiger partial charge in [-0.1, -0.05) is 12.1 Å². The Balaban J connectivity index is 1.49. The van der Waals surface area contributed by atoms with Crippen LogP contribution in [-0.2, 0) is 16.4 Å². The first-order valence-electron chi connectivity index (χ1n) is 9.57. The summed E-state index contributed by atoms with van der Waals surface area (Å²) in [5.41, 5.74) is 8.83. The van der Waals surface area contributed by atoms with Gasteiger partial charge in [-0.3, -0.25) is 20.6 Å². The van der Waals surface area contributed by atoms with Crippen LogP contribution in [0, 0.1) is 6.92 Å². The van der Waals surface area contributed by atoms with Crippen LogP contribution >= 0.6 is 0 Å². The Morgan fingerprint density at radius 2 is 1.90 bits per heavy atom. The van der Waals surface area contributed by atoms with Crippen molar-refractivity contribution in [1.82, 2.24) is 19.6 Å². The molecule has 0 atom stereocenters. The largest absolute Gasteiger partial charge is 0.300 e. The number of pyridine rings is 1. The lowest BCUT2D eigenvalue weighted by molar-refractivity contribution is 0.0962. The van der Waals surface area contributed by atoms with Gasteiger partial charge in [0.1, 0.15) is 0 Å². The molecule has 8 nitrogen and oxygen atoms in total.